The van der Waals surface area contributed by atoms with Crippen molar-refractivity contribution in [2.24, 2.45) is 0 Å². The summed E-state index contributed by atoms with van der Waals surface area (Å²) in [5.41, 5.74) is 0.253. The highest BCUT2D eigenvalue weighted by Crippen LogP contribution is 2.29. The Balaban J connectivity index is 1.76. The summed E-state index contributed by atoms with van der Waals surface area (Å²) in [5, 5.41) is 0.420. The van der Waals surface area contributed by atoms with Gasteiger partial charge in [0, 0.05) is 19.2 Å². The number of hydrogen-bond donors (Lipinski definition) is 1. The van der Waals surface area contributed by atoms with Crippen molar-refractivity contribution in [2.45, 2.75) is 6.54 Å². The number of amides is 1. The van der Waals surface area contributed by atoms with Crippen LogP contribution < -0.4 is 15.0 Å². The van der Waals surface area contributed by atoms with Crippen LogP contribution in [-0.4, -0.2) is 79.8 Å². The zero-order valence-electron chi connectivity index (χ0n) is 15.8. The second kappa shape index (κ2) is 8.36. The van der Waals surface area contributed by atoms with E-state index in [1.807, 2.05) is 11.9 Å². The van der Waals surface area contributed by atoms with E-state index < -0.39 is 0 Å². The Morgan fingerprint density at radius 3 is 2.59 bits per heavy atom. The Morgan fingerprint density at radius 2 is 1.93 bits per heavy atom. The maximum Gasteiger partial charge on any atom is 0.258 e. The number of fused-ring (bicyclic) bond motifs is 1. The van der Waals surface area contributed by atoms with E-state index in [9.17, 15) is 9.59 Å². The predicted octanol–water partition coefficient (Wildman–Crippen LogP) is 0.231. The number of carbonyl (C=O) groups is 1. The summed E-state index contributed by atoms with van der Waals surface area (Å²) in [5.74, 6) is 1.50. The minimum absolute atomic E-state index is 0.0374. The van der Waals surface area contributed by atoms with Crippen LogP contribution in [0.25, 0.3) is 10.9 Å². The van der Waals surface area contributed by atoms with E-state index in [2.05, 4.69) is 9.97 Å². The number of aromatic amines is 1. The third-order valence-electron chi connectivity index (χ3n) is 4.45. The van der Waals surface area contributed by atoms with Crippen molar-refractivity contribution in [2.75, 3.05) is 54.1 Å². The zero-order chi connectivity index (χ0) is 19.4. The van der Waals surface area contributed by atoms with E-state index >= 15 is 0 Å². The number of methoxy groups -OCH3 is 2. The van der Waals surface area contributed by atoms with Gasteiger partial charge in [0.1, 0.15) is 5.82 Å². The topological polar surface area (TPSA) is 97.0 Å². The average Bonchev–Trinajstić information content (AvgIpc) is 2.67. The number of rotatable bonds is 6. The molecule has 146 valence electrons. The molecule has 0 bridgehead atoms. The van der Waals surface area contributed by atoms with Crippen molar-refractivity contribution in [1.82, 2.24) is 19.8 Å². The fourth-order valence-corrected chi connectivity index (χ4v) is 3.04. The number of aromatic nitrogens is 2. The van der Waals surface area contributed by atoms with Crippen LogP contribution in [0.2, 0.25) is 0 Å². The maximum absolute atomic E-state index is 12.4. The molecule has 1 amide bonds. The Bertz CT molecular complexity index is 876. The molecule has 0 unspecified atom stereocenters. The monoisotopic (exact) mass is 376 g/mol. The van der Waals surface area contributed by atoms with Crippen LogP contribution in [0.5, 0.6) is 11.5 Å². The van der Waals surface area contributed by atoms with Gasteiger partial charge in [0.2, 0.25) is 5.91 Å². The first kappa shape index (κ1) is 19.1. The Hall–Kier alpha value is -2.65. The minimum Gasteiger partial charge on any atom is -0.493 e. The van der Waals surface area contributed by atoms with E-state index in [-0.39, 0.29) is 18.0 Å². The number of likely N-dealkylation sites (N-methyl/N-ethyl adjacent to an activating group) is 1. The van der Waals surface area contributed by atoms with Crippen molar-refractivity contribution in [3.63, 3.8) is 0 Å². The van der Waals surface area contributed by atoms with E-state index in [0.717, 1.165) is 0 Å². The Labute approximate surface area is 156 Å². The number of hydrogen-bond acceptors (Lipinski definition) is 7. The molecule has 2 aromatic rings. The standard InChI is InChI=1S/C18H24N4O5/c1-21(11-17(23)22-4-6-27-7-5-22)10-16-19-13-9-15(26-3)14(25-2)8-12(13)18(24)20-16/h8-9H,4-7,10-11H2,1-3H3,(H,19,20,24). The first-order valence-corrected chi connectivity index (χ1v) is 8.71. The normalized spacial score (nSPS) is 14.6. The van der Waals surface area contributed by atoms with Gasteiger partial charge >= 0.3 is 0 Å². The molecule has 0 spiro atoms. The second-order valence-corrected chi connectivity index (χ2v) is 6.40. The fraction of sp³-hybridized carbons (Fsp3) is 0.500. The van der Waals surface area contributed by atoms with Crippen LogP contribution in [0.15, 0.2) is 16.9 Å². The lowest BCUT2D eigenvalue weighted by molar-refractivity contribution is -0.136. The molecule has 9 heteroatoms. The summed E-state index contributed by atoms with van der Waals surface area (Å²) in [6.07, 6.45) is 0. The highest BCUT2D eigenvalue weighted by molar-refractivity contribution is 5.82. The molecular weight excluding hydrogens is 352 g/mol. The molecule has 2 heterocycles. The van der Waals surface area contributed by atoms with Gasteiger partial charge in [-0.2, -0.15) is 0 Å². The highest BCUT2D eigenvalue weighted by Gasteiger charge is 2.19. The predicted molar refractivity (Wildman–Crippen MR) is 99.2 cm³/mol. The van der Waals surface area contributed by atoms with E-state index in [0.29, 0.717) is 61.1 Å². The van der Waals surface area contributed by atoms with Crippen LogP contribution in [0, 0.1) is 0 Å². The molecule has 1 aromatic carbocycles. The molecule has 9 nitrogen and oxygen atoms in total. The molecule has 1 saturated heterocycles. The SMILES string of the molecule is COc1cc2nc(CN(C)CC(=O)N3CCOCC3)[nH]c(=O)c2cc1OC. The van der Waals surface area contributed by atoms with Crippen molar-refractivity contribution in [1.29, 1.82) is 0 Å². The zero-order valence-corrected chi connectivity index (χ0v) is 15.8. The number of ether oxygens (including phenoxy) is 3. The fourth-order valence-electron chi connectivity index (χ4n) is 3.04. The van der Waals surface area contributed by atoms with Crippen molar-refractivity contribution < 1.29 is 19.0 Å². The van der Waals surface area contributed by atoms with Crippen LogP contribution in [0.4, 0.5) is 0 Å². The van der Waals surface area contributed by atoms with Crippen LogP contribution >= 0.6 is 0 Å². The quantitative estimate of drug-likeness (QED) is 0.771. The molecule has 0 aliphatic carbocycles. The van der Waals surface area contributed by atoms with E-state index in [4.69, 9.17) is 14.2 Å². The summed E-state index contributed by atoms with van der Waals surface area (Å²) in [6, 6.07) is 3.28. The van der Waals surface area contributed by atoms with Crippen molar-refractivity contribution in [3.8, 4) is 11.5 Å². The summed E-state index contributed by atoms with van der Waals surface area (Å²) in [6.45, 7) is 2.95. The summed E-state index contributed by atoms with van der Waals surface area (Å²) in [7, 11) is 4.86. The molecular formula is C18H24N4O5. The van der Waals surface area contributed by atoms with Gasteiger partial charge < -0.3 is 24.1 Å². The average molecular weight is 376 g/mol. The molecule has 1 aliphatic heterocycles. The number of morpholine rings is 1. The highest BCUT2D eigenvalue weighted by atomic mass is 16.5. The molecule has 0 saturated carbocycles. The third kappa shape index (κ3) is 4.37. The van der Waals surface area contributed by atoms with Crippen molar-refractivity contribution in [3.05, 3.63) is 28.3 Å². The summed E-state index contributed by atoms with van der Waals surface area (Å²) in [4.78, 5) is 35.6. The second-order valence-electron chi connectivity index (χ2n) is 6.40. The first-order valence-electron chi connectivity index (χ1n) is 8.71. The molecule has 1 fully saturated rings. The van der Waals surface area contributed by atoms with Gasteiger partial charge in [-0.05, 0) is 13.1 Å². The van der Waals surface area contributed by atoms with Gasteiger partial charge in [-0.1, -0.05) is 0 Å². The first-order chi connectivity index (χ1) is 13.0. The number of nitrogens with one attached hydrogen (secondary N) is 1. The molecule has 1 N–H and O–H groups in total. The van der Waals surface area contributed by atoms with Gasteiger partial charge in [0.25, 0.3) is 5.56 Å². The van der Waals surface area contributed by atoms with Gasteiger partial charge in [0.15, 0.2) is 11.5 Å². The van der Waals surface area contributed by atoms with Crippen LogP contribution in [-0.2, 0) is 16.1 Å². The van der Waals surface area contributed by atoms with E-state index in [1.165, 1.54) is 14.2 Å². The lowest BCUT2D eigenvalue weighted by atomic mass is 10.2. The van der Waals surface area contributed by atoms with Gasteiger partial charge in [-0.15, -0.1) is 0 Å². The number of nitrogens with zero attached hydrogens (tertiary/aromatic N) is 3. The van der Waals surface area contributed by atoms with Crippen LogP contribution in [0.3, 0.4) is 0 Å². The van der Waals surface area contributed by atoms with Gasteiger partial charge in [-0.3, -0.25) is 14.5 Å². The molecule has 1 aromatic heterocycles. The number of H-pyrrole nitrogens is 1. The number of benzene rings is 1. The van der Waals surface area contributed by atoms with Crippen LogP contribution in [0.1, 0.15) is 5.82 Å². The lowest BCUT2D eigenvalue weighted by Gasteiger charge is -2.28. The van der Waals surface area contributed by atoms with Gasteiger partial charge in [-0.25, -0.2) is 4.98 Å². The largest absolute Gasteiger partial charge is 0.493 e. The summed E-state index contributed by atoms with van der Waals surface area (Å²) < 4.78 is 15.8. The van der Waals surface area contributed by atoms with Gasteiger partial charge in [0.05, 0.1) is 51.4 Å². The van der Waals surface area contributed by atoms with Crippen molar-refractivity contribution >= 4 is 16.8 Å². The Kier molecular flexibility index (Phi) is 5.92. The smallest absolute Gasteiger partial charge is 0.258 e. The number of carbonyl (C=O) groups excluding carboxylic acids is 1. The molecule has 3 rings (SSSR count). The minimum atomic E-state index is -0.260. The maximum atomic E-state index is 12.4. The third-order valence-corrected chi connectivity index (χ3v) is 4.45. The molecule has 0 atom stereocenters. The van der Waals surface area contributed by atoms with E-state index in [1.54, 1.807) is 17.0 Å². The summed E-state index contributed by atoms with van der Waals surface area (Å²) >= 11 is 0. The molecule has 1 aliphatic rings. The lowest BCUT2D eigenvalue weighted by Crippen LogP contribution is -2.45. The molecule has 27 heavy (non-hydrogen) atoms. The molecule has 0 radical (unpaired) electrons. The Morgan fingerprint density at radius 1 is 1.26 bits per heavy atom.